The predicted octanol–water partition coefficient (Wildman–Crippen LogP) is 24.6. The fraction of sp³-hybridized carbons (Fsp3) is 0.776. The number of carbonyl (C=O) groups is 3. The van der Waals surface area contributed by atoms with Crippen LogP contribution in [0, 0.1) is 0 Å². The molecule has 0 aliphatic rings. The zero-order valence-electron chi connectivity index (χ0n) is 54.5. The van der Waals surface area contributed by atoms with Crippen LogP contribution in [0.1, 0.15) is 361 Å². The van der Waals surface area contributed by atoms with Gasteiger partial charge in [0.25, 0.3) is 0 Å². The summed E-state index contributed by atoms with van der Waals surface area (Å²) in [4.78, 5) is 38.5. The highest BCUT2D eigenvalue weighted by molar-refractivity contribution is 5.71. The summed E-state index contributed by atoms with van der Waals surface area (Å²) in [5.41, 5.74) is 0. The predicted molar refractivity (Wildman–Crippen MR) is 358 cm³/mol. The van der Waals surface area contributed by atoms with Crippen LogP contribution in [0.15, 0.2) is 85.1 Å². The highest BCUT2D eigenvalue weighted by Crippen LogP contribution is 2.18. The fourth-order valence-corrected chi connectivity index (χ4v) is 10.3. The van der Waals surface area contributed by atoms with E-state index in [0.29, 0.717) is 19.3 Å². The minimum atomic E-state index is -0.783. The van der Waals surface area contributed by atoms with Crippen molar-refractivity contribution in [2.75, 3.05) is 13.2 Å². The Morgan fingerprint density at radius 1 is 0.256 bits per heavy atom. The van der Waals surface area contributed by atoms with Crippen LogP contribution in [-0.2, 0) is 28.6 Å². The first kappa shape index (κ1) is 78.6. The number of carbonyl (C=O) groups excluding carboxylic acids is 3. The van der Waals surface area contributed by atoms with Gasteiger partial charge in [-0.05, 0) is 96.3 Å². The van der Waals surface area contributed by atoms with E-state index in [9.17, 15) is 14.4 Å². The summed E-state index contributed by atoms with van der Waals surface area (Å²) in [5.74, 6) is -0.871. The molecule has 0 aliphatic heterocycles. The SMILES string of the molecule is CC/C=C\C/C=C\C/C=C\C/C=C\CCCCCCCCCCCCCCC(=O)OCC(COC(=O)CCCCCCCC/C=C\C/C=C\C/C=C\CCCCC)OC(=O)CCCCCCCCCCCCCCCCCCCCCC. The molecule has 0 aromatic heterocycles. The second-order valence-electron chi connectivity index (χ2n) is 23.8. The van der Waals surface area contributed by atoms with Gasteiger partial charge in [0, 0.05) is 19.3 Å². The maximum absolute atomic E-state index is 13.0. The van der Waals surface area contributed by atoms with Crippen LogP contribution in [0.3, 0.4) is 0 Å². The van der Waals surface area contributed by atoms with Crippen molar-refractivity contribution in [3.63, 3.8) is 0 Å². The summed E-state index contributed by atoms with van der Waals surface area (Å²) in [6, 6.07) is 0. The monoisotopic (exact) mass is 1140 g/mol. The molecular weight excluding hydrogens is 1010 g/mol. The summed E-state index contributed by atoms with van der Waals surface area (Å²) in [5, 5.41) is 0. The first-order valence-corrected chi connectivity index (χ1v) is 35.6. The maximum Gasteiger partial charge on any atom is 0.306 e. The Morgan fingerprint density at radius 2 is 0.476 bits per heavy atom. The van der Waals surface area contributed by atoms with E-state index < -0.39 is 6.10 Å². The number of esters is 3. The molecular formula is C76H134O6. The van der Waals surface area contributed by atoms with Crippen LogP contribution in [0.2, 0.25) is 0 Å². The lowest BCUT2D eigenvalue weighted by molar-refractivity contribution is -0.167. The van der Waals surface area contributed by atoms with Crippen molar-refractivity contribution in [1.29, 1.82) is 0 Å². The molecule has 0 N–H and O–H groups in total. The van der Waals surface area contributed by atoms with Gasteiger partial charge in [-0.15, -0.1) is 0 Å². The van der Waals surface area contributed by atoms with Gasteiger partial charge in [-0.2, -0.15) is 0 Å². The fourth-order valence-electron chi connectivity index (χ4n) is 10.3. The van der Waals surface area contributed by atoms with Crippen molar-refractivity contribution in [3.8, 4) is 0 Å². The zero-order chi connectivity index (χ0) is 59.2. The molecule has 0 heterocycles. The zero-order valence-corrected chi connectivity index (χ0v) is 54.5. The smallest absolute Gasteiger partial charge is 0.306 e. The summed E-state index contributed by atoms with van der Waals surface area (Å²) < 4.78 is 17.0. The van der Waals surface area contributed by atoms with Crippen LogP contribution in [0.25, 0.3) is 0 Å². The van der Waals surface area contributed by atoms with Crippen molar-refractivity contribution in [2.24, 2.45) is 0 Å². The molecule has 474 valence electrons. The lowest BCUT2D eigenvalue weighted by atomic mass is 10.0. The van der Waals surface area contributed by atoms with Gasteiger partial charge < -0.3 is 14.2 Å². The lowest BCUT2D eigenvalue weighted by Crippen LogP contribution is -2.30. The molecule has 6 heteroatoms. The highest BCUT2D eigenvalue weighted by atomic mass is 16.6. The van der Waals surface area contributed by atoms with E-state index in [2.05, 4.69) is 106 Å². The van der Waals surface area contributed by atoms with E-state index in [1.165, 1.54) is 218 Å². The molecule has 6 nitrogen and oxygen atoms in total. The Kier molecular flexibility index (Phi) is 67.2. The number of rotatable bonds is 65. The van der Waals surface area contributed by atoms with E-state index in [4.69, 9.17) is 14.2 Å². The third-order valence-electron chi connectivity index (χ3n) is 15.6. The third-order valence-corrected chi connectivity index (χ3v) is 15.6. The molecule has 82 heavy (non-hydrogen) atoms. The van der Waals surface area contributed by atoms with Crippen molar-refractivity contribution < 1.29 is 28.6 Å². The molecule has 1 atom stereocenters. The number of unbranched alkanes of at least 4 members (excludes halogenated alkanes) is 40. The van der Waals surface area contributed by atoms with E-state index in [1.807, 2.05) is 0 Å². The molecule has 0 bridgehead atoms. The van der Waals surface area contributed by atoms with Crippen molar-refractivity contribution in [1.82, 2.24) is 0 Å². The number of ether oxygens (including phenoxy) is 3. The van der Waals surface area contributed by atoms with Crippen LogP contribution in [0.4, 0.5) is 0 Å². The van der Waals surface area contributed by atoms with Gasteiger partial charge in [-0.3, -0.25) is 14.4 Å². The average Bonchev–Trinajstić information content (AvgIpc) is 3.47. The second-order valence-corrected chi connectivity index (χ2v) is 23.8. The quantitative estimate of drug-likeness (QED) is 0.0261. The standard InChI is InChI=1S/C76H134O6/c1-4-7-10-13-16-19-22-25-28-31-34-36-37-38-39-40-43-45-48-51-54-57-60-63-66-69-75(78)81-72-73(71-80-74(77)68-65-62-59-56-53-50-47-44-41-33-30-27-24-21-18-15-12-9-6-3)82-76(79)70-67-64-61-58-55-52-49-46-42-35-32-29-26-23-20-17-14-11-8-5-2/h7,10,16,18-19,21,25,27-28,30,34,36,41,44,73H,4-6,8-9,11-15,17,20,22-24,26,29,31-33,35,37-40,42-43,45-72H2,1-3H3/b10-7-,19-16-,21-18-,28-25-,30-27-,36-34-,44-41-. The van der Waals surface area contributed by atoms with E-state index >= 15 is 0 Å². The van der Waals surface area contributed by atoms with Gasteiger partial charge in [0.15, 0.2) is 6.10 Å². The molecule has 0 fully saturated rings. The molecule has 1 unspecified atom stereocenters. The highest BCUT2D eigenvalue weighted by Gasteiger charge is 2.19. The summed E-state index contributed by atoms with van der Waals surface area (Å²) >= 11 is 0. The first-order valence-electron chi connectivity index (χ1n) is 35.6. The minimum Gasteiger partial charge on any atom is -0.462 e. The Hall–Kier alpha value is -3.41. The Morgan fingerprint density at radius 3 is 0.768 bits per heavy atom. The second kappa shape index (κ2) is 70.1. The summed E-state index contributed by atoms with van der Waals surface area (Å²) in [6.45, 7) is 6.55. The number of hydrogen-bond acceptors (Lipinski definition) is 6. The molecule has 0 radical (unpaired) electrons. The van der Waals surface area contributed by atoms with Gasteiger partial charge in [0.1, 0.15) is 13.2 Å². The van der Waals surface area contributed by atoms with Gasteiger partial charge in [0.2, 0.25) is 0 Å². The van der Waals surface area contributed by atoms with E-state index in [1.54, 1.807) is 0 Å². The molecule has 0 aromatic carbocycles. The van der Waals surface area contributed by atoms with Crippen LogP contribution in [-0.4, -0.2) is 37.2 Å². The molecule has 0 aromatic rings. The number of allylic oxidation sites excluding steroid dienone is 14. The van der Waals surface area contributed by atoms with E-state index in [-0.39, 0.29) is 31.1 Å². The normalized spacial score (nSPS) is 12.6. The molecule has 0 saturated heterocycles. The molecule has 0 amide bonds. The Bertz CT molecular complexity index is 1550. The largest absolute Gasteiger partial charge is 0.462 e. The van der Waals surface area contributed by atoms with Gasteiger partial charge in [-0.1, -0.05) is 331 Å². The Labute approximate surface area is 509 Å². The molecule has 0 aliphatic carbocycles. The van der Waals surface area contributed by atoms with Crippen molar-refractivity contribution in [3.05, 3.63) is 85.1 Å². The summed E-state index contributed by atoms with van der Waals surface area (Å²) in [7, 11) is 0. The maximum atomic E-state index is 13.0. The van der Waals surface area contributed by atoms with Gasteiger partial charge >= 0.3 is 17.9 Å². The molecule has 0 rings (SSSR count). The third kappa shape index (κ3) is 67.4. The van der Waals surface area contributed by atoms with Crippen molar-refractivity contribution in [2.45, 2.75) is 367 Å². The van der Waals surface area contributed by atoms with E-state index in [0.717, 1.165) is 103 Å². The molecule has 0 saturated carbocycles. The minimum absolute atomic E-state index is 0.0782. The van der Waals surface area contributed by atoms with Crippen molar-refractivity contribution >= 4 is 17.9 Å². The van der Waals surface area contributed by atoms with Crippen LogP contribution in [0.5, 0.6) is 0 Å². The van der Waals surface area contributed by atoms with Gasteiger partial charge in [0.05, 0.1) is 0 Å². The average molecular weight is 1140 g/mol. The first-order chi connectivity index (χ1) is 40.5. The lowest BCUT2D eigenvalue weighted by Gasteiger charge is -2.18. The van der Waals surface area contributed by atoms with Crippen LogP contribution < -0.4 is 0 Å². The number of hydrogen-bond donors (Lipinski definition) is 0. The Balaban J connectivity index is 4.35. The molecule has 0 spiro atoms. The van der Waals surface area contributed by atoms with Gasteiger partial charge in [-0.25, -0.2) is 0 Å². The summed E-state index contributed by atoms with van der Waals surface area (Å²) in [6.07, 6.45) is 93.1. The van der Waals surface area contributed by atoms with Crippen LogP contribution >= 0.6 is 0 Å². The topological polar surface area (TPSA) is 78.9 Å².